The number of rotatable bonds is 16. The molecular formula is C38H53Cl2CoN3. The summed E-state index contributed by atoms with van der Waals surface area (Å²) in [4.78, 5) is 15.1. The SMILES string of the molecule is CCCc1cc(CCC)c(N=Cc2cc(C)cc(C=Nc3c(CCC)cc(CCC)cc3CCC)n2)c(CCC)c1.[Cl-].[Cl-].[Co+2]. The van der Waals surface area contributed by atoms with Crippen LogP contribution in [-0.4, -0.2) is 17.4 Å². The Bertz CT molecular complexity index is 1180. The maximum Gasteiger partial charge on any atom is 2.00 e. The Morgan fingerprint density at radius 2 is 0.795 bits per heavy atom. The molecule has 0 fully saturated rings. The van der Waals surface area contributed by atoms with E-state index in [0.29, 0.717) is 0 Å². The molecule has 44 heavy (non-hydrogen) atoms. The fourth-order valence-corrected chi connectivity index (χ4v) is 5.82. The van der Waals surface area contributed by atoms with Crippen LogP contribution in [0.1, 0.15) is 130 Å². The third-order valence-corrected chi connectivity index (χ3v) is 7.47. The molecule has 0 aliphatic rings. The molecule has 0 atom stereocenters. The van der Waals surface area contributed by atoms with Crippen LogP contribution in [0, 0.1) is 6.92 Å². The van der Waals surface area contributed by atoms with Gasteiger partial charge in [0.05, 0.1) is 35.2 Å². The number of nitrogens with zero attached hydrogens (tertiary/aromatic N) is 3. The average molecular weight is 682 g/mol. The molecule has 3 nitrogen and oxygen atoms in total. The Hall–Kier alpha value is -1.98. The largest absolute Gasteiger partial charge is 2.00 e. The molecular weight excluding hydrogens is 628 g/mol. The van der Waals surface area contributed by atoms with Gasteiger partial charge in [-0.2, -0.15) is 0 Å². The summed E-state index contributed by atoms with van der Waals surface area (Å²) in [6, 6.07) is 13.8. The van der Waals surface area contributed by atoms with Crippen molar-refractivity contribution < 1.29 is 41.6 Å². The molecule has 1 radical (unpaired) electrons. The number of aromatic nitrogens is 1. The van der Waals surface area contributed by atoms with E-state index >= 15 is 0 Å². The first-order valence-electron chi connectivity index (χ1n) is 16.3. The number of aliphatic imine (C=N–C) groups is 2. The zero-order valence-corrected chi connectivity index (χ0v) is 30.6. The molecule has 1 heterocycles. The van der Waals surface area contributed by atoms with Crippen molar-refractivity contribution >= 4 is 23.8 Å². The fraction of sp³-hybridized carbons (Fsp3) is 0.500. The number of aryl methyl sites for hydroxylation is 7. The molecule has 243 valence electrons. The zero-order valence-electron chi connectivity index (χ0n) is 28.0. The van der Waals surface area contributed by atoms with Crippen molar-refractivity contribution in [2.75, 3.05) is 0 Å². The van der Waals surface area contributed by atoms with Crippen molar-refractivity contribution in [2.24, 2.45) is 9.98 Å². The number of hydrogen-bond acceptors (Lipinski definition) is 3. The molecule has 0 amide bonds. The second kappa shape index (κ2) is 22.5. The Labute approximate surface area is 291 Å². The third kappa shape index (κ3) is 12.4. The molecule has 0 spiro atoms. The number of pyridine rings is 1. The first-order chi connectivity index (χ1) is 20.0. The molecule has 6 heteroatoms. The van der Waals surface area contributed by atoms with Crippen LogP contribution >= 0.6 is 0 Å². The van der Waals surface area contributed by atoms with Gasteiger partial charge in [0, 0.05) is 0 Å². The molecule has 0 saturated carbocycles. The first-order valence-corrected chi connectivity index (χ1v) is 16.3. The van der Waals surface area contributed by atoms with Gasteiger partial charge in [0.15, 0.2) is 0 Å². The van der Waals surface area contributed by atoms with Crippen LogP contribution in [0.15, 0.2) is 46.4 Å². The molecule has 1 aromatic heterocycles. The topological polar surface area (TPSA) is 37.6 Å². The summed E-state index contributed by atoms with van der Waals surface area (Å²) in [5.74, 6) is 0. The van der Waals surface area contributed by atoms with E-state index in [1.165, 1.54) is 51.8 Å². The summed E-state index contributed by atoms with van der Waals surface area (Å²) in [6.45, 7) is 15.7. The smallest absolute Gasteiger partial charge is 1.00 e. The van der Waals surface area contributed by atoms with Crippen LogP contribution in [0.5, 0.6) is 0 Å². The van der Waals surface area contributed by atoms with Crippen molar-refractivity contribution in [1.82, 2.24) is 4.98 Å². The van der Waals surface area contributed by atoms with Gasteiger partial charge < -0.3 is 24.8 Å². The standard InChI is InChI=1S/C38H53N3.2ClH.Co/c1-8-14-29-22-31(16-10-3)37(32(23-29)17-11-4)39-26-35-20-28(7)21-36(41-35)27-40-38-33(18-12-5)24-30(15-9-2)25-34(38)19-13-6;;;/h20-27H,8-19H2,1-7H3;2*1H;/q;;;+2/p-2. The van der Waals surface area contributed by atoms with Crippen molar-refractivity contribution in [3.8, 4) is 0 Å². The van der Waals surface area contributed by atoms with Crippen molar-refractivity contribution in [3.05, 3.63) is 86.7 Å². The summed E-state index contributed by atoms with van der Waals surface area (Å²) in [6.07, 6.45) is 17.2. The van der Waals surface area contributed by atoms with Crippen LogP contribution in [0.25, 0.3) is 0 Å². The van der Waals surface area contributed by atoms with Crippen molar-refractivity contribution in [2.45, 2.75) is 126 Å². The van der Waals surface area contributed by atoms with E-state index in [2.05, 4.69) is 84.9 Å². The van der Waals surface area contributed by atoms with E-state index in [1.54, 1.807) is 0 Å². The molecule has 0 bridgehead atoms. The quantitative estimate of drug-likeness (QED) is 0.204. The van der Waals surface area contributed by atoms with Gasteiger partial charge in [-0.15, -0.1) is 0 Å². The maximum atomic E-state index is 5.09. The summed E-state index contributed by atoms with van der Waals surface area (Å²) >= 11 is 0. The Kier molecular flexibility index (Phi) is 21.5. The monoisotopic (exact) mass is 680 g/mol. The summed E-state index contributed by atoms with van der Waals surface area (Å²) in [5, 5.41) is 0. The Morgan fingerprint density at radius 3 is 1.07 bits per heavy atom. The van der Waals surface area contributed by atoms with E-state index in [1.807, 2.05) is 12.4 Å². The van der Waals surface area contributed by atoms with E-state index in [9.17, 15) is 0 Å². The Balaban J connectivity index is 0.00000616. The molecule has 0 aliphatic carbocycles. The van der Waals surface area contributed by atoms with Gasteiger partial charge in [-0.05, 0) is 96.5 Å². The minimum absolute atomic E-state index is 0. The minimum atomic E-state index is 0. The molecule has 3 rings (SSSR count). The fourth-order valence-electron chi connectivity index (χ4n) is 5.82. The molecule has 0 N–H and O–H groups in total. The van der Waals surface area contributed by atoms with Crippen LogP contribution < -0.4 is 24.8 Å². The summed E-state index contributed by atoms with van der Waals surface area (Å²) < 4.78 is 0. The van der Waals surface area contributed by atoms with Crippen LogP contribution in [0.4, 0.5) is 11.4 Å². The van der Waals surface area contributed by atoms with Gasteiger partial charge in [-0.1, -0.05) is 104 Å². The van der Waals surface area contributed by atoms with Gasteiger partial charge in [0.25, 0.3) is 0 Å². The average Bonchev–Trinajstić information content (AvgIpc) is 2.93. The minimum Gasteiger partial charge on any atom is -1.00 e. The first kappa shape index (κ1) is 42.0. The van der Waals surface area contributed by atoms with E-state index < -0.39 is 0 Å². The normalized spacial score (nSPS) is 11.0. The van der Waals surface area contributed by atoms with Gasteiger partial charge in [0.2, 0.25) is 0 Å². The zero-order chi connectivity index (χ0) is 29.6. The van der Waals surface area contributed by atoms with Crippen molar-refractivity contribution in [1.29, 1.82) is 0 Å². The third-order valence-electron chi connectivity index (χ3n) is 7.47. The van der Waals surface area contributed by atoms with Crippen LogP contribution in [-0.2, 0) is 55.3 Å². The van der Waals surface area contributed by atoms with Crippen molar-refractivity contribution in [3.63, 3.8) is 0 Å². The summed E-state index contributed by atoms with van der Waals surface area (Å²) in [7, 11) is 0. The molecule has 3 aromatic rings. The predicted octanol–water partition coefficient (Wildman–Crippen LogP) is 4.61. The van der Waals surface area contributed by atoms with Crippen LogP contribution in [0.3, 0.4) is 0 Å². The van der Waals surface area contributed by atoms with E-state index in [-0.39, 0.29) is 41.6 Å². The van der Waals surface area contributed by atoms with Gasteiger partial charge in [-0.25, -0.2) is 4.98 Å². The predicted molar refractivity (Wildman–Crippen MR) is 180 cm³/mol. The van der Waals surface area contributed by atoms with Crippen LogP contribution in [0.2, 0.25) is 0 Å². The second-order valence-electron chi connectivity index (χ2n) is 11.5. The second-order valence-corrected chi connectivity index (χ2v) is 11.5. The molecule has 0 saturated heterocycles. The number of halogens is 2. The van der Waals surface area contributed by atoms with E-state index in [0.717, 1.165) is 87.0 Å². The number of hydrogen-bond donors (Lipinski definition) is 0. The van der Waals surface area contributed by atoms with Gasteiger partial charge in [-0.3, -0.25) is 9.98 Å². The van der Waals surface area contributed by atoms with Gasteiger partial charge >= 0.3 is 16.8 Å². The molecule has 0 unspecified atom stereocenters. The molecule has 0 aliphatic heterocycles. The van der Waals surface area contributed by atoms with E-state index in [4.69, 9.17) is 15.0 Å². The Morgan fingerprint density at radius 1 is 0.500 bits per heavy atom. The van der Waals surface area contributed by atoms with Gasteiger partial charge in [0.1, 0.15) is 0 Å². The summed E-state index contributed by atoms with van der Waals surface area (Å²) in [5.41, 5.74) is 13.6. The number of benzene rings is 2. The maximum absolute atomic E-state index is 5.09. The molecule has 2 aromatic carbocycles.